The fourth-order valence-electron chi connectivity index (χ4n) is 11.2. The highest BCUT2D eigenvalue weighted by atomic mass is 15.0. The van der Waals surface area contributed by atoms with Crippen molar-refractivity contribution in [3.05, 3.63) is 205 Å². The molecule has 5 nitrogen and oxygen atoms in total. The molecule has 13 aromatic rings. The molecule has 0 amide bonds. The maximum atomic E-state index is 10.8. The first-order valence-corrected chi connectivity index (χ1v) is 23.7. The first-order chi connectivity index (χ1) is 33.0. The summed E-state index contributed by atoms with van der Waals surface area (Å²) in [4.78, 5) is 0. The summed E-state index contributed by atoms with van der Waals surface area (Å²) >= 11 is 0. The Morgan fingerprint density at radius 3 is 1.16 bits per heavy atom. The molecule has 0 saturated carbocycles. The van der Waals surface area contributed by atoms with Gasteiger partial charge in [-0.05, 0) is 113 Å². The van der Waals surface area contributed by atoms with E-state index in [0.717, 1.165) is 55.7 Å². The van der Waals surface area contributed by atoms with Gasteiger partial charge in [0.2, 0.25) is 0 Å². The second kappa shape index (κ2) is 14.3. The average Bonchev–Trinajstić information content (AvgIpc) is 4.08. The smallest absolute Gasteiger partial charge is 0.0993 e. The number of nitriles is 1. The third-order valence-corrected chi connectivity index (χ3v) is 14.4. The summed E-state index contributed by atoms with van der Waals surface area (Å²) < 4.78 is 9.66. The van der Waals surface area contributed by atoms with Gasteiger partial charge >= 0.3 is 0 Å². The van der Waals surface area contributed by atoms with E-state index in [9.17, 15) is 5.26 Å². The van der Waals surface area contributed by atoms with E-state index in [0.29, 0.717) is 5.56 Å². The number of para-hydroxylation sites is 4. The molecule has 0 aliphatic carbocycles. The van der Waals surface area contributed by atoms with Gasteiger partial charge in [0.15, 0.2) is 0 Å². The molecule has 0 spiro atoms. The van der Waals surface area contributed by atoms with Crippen molar-refractivity contribution in [1.29, 1.82) is 5.26 Å². The highest BCUT2D eigenvalue weighted by Crippen LogP contribution is 2.47. The maximum absolute atomic E-state index is 10.8. The van der Waals surface area contributed by atoms with Gasteiger partial charge in [-0.15, -0.1) is 0 Å². The molecule has 9 aromatic carbocycles. The van der Waals surface area contributed by atoms with Gasteiger partial charge in [0.25, 0.3) is 0 Å². The van der Waals surface area contributed by atoms with Gasteiger partial charge in [0, 0.05) is 65.8 Å². The highest BCUT2D eigenvalue weighted by molar-refractivity contribution is 6.31. The van der Waals surface area contributed by atoms with E-state index < -0.39 is 0 Å². The molecule has 0 aliphatic rings. The lowest BCUT2D eigenvalue weighted by molar-refractivity contribution is 0.590. The van der Waals surface area contributed by atoms with Crippen molar-refractivity contribution < 1.29 is 0 Å². The van der Waals surface area contributed by atoms with Crippen molar-refractivity contribution in [2.45, 2.75) is 52.4 Å². The number of benzene rings is 9. The number of hydrogen-bond donors (Lipinski definition) is 0. The molecule has 13 rings (SSSR count). The molecule has 0 aliphatic heterocycles. The van der Waals surface area contributed by atoms with E-state index in [4.69, 9.17) is 0 Å². The monoisotopic (exact) mass is 875 g/mol. The van der Waals surface area contributed by atoms with Crippen LogP contribution in [0.4, 0.5) is 0 Å². The van der Waals surface area contributed by atoms with Crippen LogP contribution in [0.2, 0.25) is 0 Å². The number of aromatic nitrogens is 4. The zero-order chi connectivity index (χ0) is 46.2. The molecule has 0 bridgehead atoms. The van der Waals surface area contributed by atoms with Crippen molar-refractivity contribution in [1.82, 2.24) is 18.3 Å². The Labute approximate surface area is 394 Å². The van der Waals surface area contributed by atoms with Crippen LogP contribution in [0.3, 0.4) is 0 Å². The second-order valence-electron chi connectivity index (χ2n) is 20.6. The third kappa shape index (κ3) is 5.74. The van der Waals surface area contributed by atoms with Crippen molar-refractivity contribution in [3.8, 4) is 28.8 Å². The molecule has 0 fully saturated rings. The Hall–Kier alpha value is -8.33. The lowest BCUT2D eigenvalue weighted by Gasteiger charge is -2.19. The maximum Gasteiger partial charge on any atom is 0.0993 e. The van der Waals surface area contributed by atoms with Crippen LogP contribution in [0, 0.1) is 11.3 Å². The van der Waals surface area contributed by atoms with E-state index in [1.54, 1.807) is 0 Å². The standard InChI is InChI=1S/C63H49N5/c1-62(2,3)40-25-29-54-50(35-40)51-36-41(63(4,5)6)26-30-55(51)66(54)44-33-39(38-64)34-45(37-44)67-53-24-16-14-22-49(53)59-57(67)32-28-47-46-27-31-56-58(60(46)68(61(47)59)43-19-11-8-12-20-43)48-21-13-15-23-52(48)65(56)42-17-9-7-10-18-42/h7-37H,1-6H3. The van der Waals surface area contributed by atoms with Crippen LogP contribution in [0.15, 0.2) is 188 Å². The van der Waals surface area contributed by atoms with Crippen molar-refractivity contribution in [2.24, 2.45) is 0 Å². The minimum absolute atomic E-state index is 0.0145. The number of rotatable bonds is 4. The van der Waals surface area contributed by atoms with Crippen LogP contribution in [-0.2, 0) is 10.8 Å². The molecule has 4 aromatic heterocycles. The van der Waals surface area contributed by atoms with Gasteiger partial charge in [-0.2, -0.15) is 5.26 Å². The topological polar surface area (TPSA) is 43.5 Å². The molecule has 68 heavy (non-hydrogen) atoms. The zero-order valence-electron chi connectivity index (χ0n) is 39.1. The van der Waals surface area contributed by atoms with E-state index in [1.807, 2.05) is 6.07 Å². The minimum atomic E-state index is -0.0145. The molecular weight excluding hydrogens is 827 g/mol. The molecule has 5 heteroatoms. The van der Waals surface area contributed by atoms with Crippen molar-refractivity contribution in [3.63, 3.8) is 0 Å². The Morgan fingerprint density at radius 1 is 0.324 bits per heavy atom. The fraction of sp³-hybridized carbons (Fsp3) is 0.127. The predicted molar refractivity (Wildman–Crippen MR) is 286 cm³/mol. The summed E-state index contributed by atoms with van der Waals surface area (Å²) in [7, 11) is 0. The van der Waals surface area contributed by atoms with Crippen LogP contribution >= 0.6 is 0 Å². The SMILES string of the molecule is CC(C)(C)c1ccc2c(c1)c1cc(C(C)(C)C)ccc1n2-c1cc(C#N)cc(-n2c3ccccc3c3c2ccc2c4ccc5c(c6ccccc6n5-c5ccccc5)c4n(-c4ccccc4)c23)c1. The van der Waals surface area contributed by atoms with Gasteiger partial charge in [-0.25, -0.2) is 0 Å². The van der Waals surface area contributed by atoms with Gasteiger partial charge < -0.3 is 18.3 Å². The highest BCUT2D eigenvalue weighted by Gasteiger charge is 2.26. The van der Waals surface area contributed by atoms with E-state index in [2.05, 4.69) is 248 Å². The van der Waals surface area contributed by atoms with Crippen molar-refractivity contribution >= 4 is 87.2 Å². The predicted octanol–water partition coefficient (Wildman–Crippen LogP) is 16.5. The lowest BCUT2D eigenvalue weighted by atomic mass is 9.85. The molecule has 326 valence electrons. The fourth-order valence-corrected chi connectivity index (χ4v) is 11.2. The van der Waals surface area contributed by atoms with E-state index in [1.165, 1.54) is 65.4 Å². The Balaban J connectivity index is 1.14. The number of nitrogens with zero attached hydrogens (tertiary/aromatic N) is 5. The van der Waals surface area contributed by atoms with Crippen molar-refractivity contribution in [2.75, 3.05) is 0 Å². The first kappa shape index (κ1) is 40.0. The Morgan fingerprint density at radius 2 is 0.706 bits per heavy atom. The van der Waals surface area contributed by atoms with Crippen LogP contribution < -0.4 is 0 Å². The van der Waals surface area contributed by atoms with Crippen LogP contribution in [0.5, 0.6) is 0 Å². The zero-order valence-corrected chi connectivity index (χ0v) is 39.1. The van der Waals surface area contributed by atoms with Gasteiger partial charge in [0.05, 0.1) is 55.8 Å². The molecule has 0 atom stereocenters. The van der Waals surface area contributed by atoms with Crippen LogP contribution in [0.1, 0.15) is 58.2 Å². The number of hydrogen-bond acceptors (Lipinski definition) is 1. The Kier molecular flexibility index (Phi) is 8.43. The molecule has 0 saturated heterocycles. The van der Waals surface area contributed by atoms with E-state index >= 15 is 0 Å². The summed E-state index contributed by atoms with van der Waals surface area (Å²) in [5.74, 6) is 0. The molecule has 0 unspecified atom stereocenters. The first-order valence-electron chi connectivity index (χ1n) is 23.7. The molecule has 4 heterocycles. The summed E-state index contributed by atoms with van der Waals surface area (Å²) in [6.45, 7) is 13.7. The van der Waals surface area contributed by atoms with Gasteiger partial charge in [-0.3, -0.25) is 0 Å². The summed E-state index contributed by atoms with van der Waals surface area (Å²) in [5, 5.41) is 20.4. The van der Waals surface area contributed by atoms with E-state index in [-0.39, 0.29) is 10.8 Å². The lowest BCUT2D eigenvalue weighted by Crippen LogP contribution is -2.10. The normalized spacial score (nSPS) is 12.5. The molecule has 0 N–H and O–H groups in total. The summed E-state index contributed by atoms with van der Waals surface area (Å²) in [6, 6.07) is 71.2. The largest absolute Gasteiger partial charge is 0.309 e. The molecule has 0 radical (unpaired) electrons. The van der Waals surface area contributed by atoms with Gasteiger partial charge in [-0.1, -0.05) is 139 Å². The quantitative estimate of drug-likeness (QED) is 0.174. The van der Waals surface area contributed by atoms with Crippen LogP contribution in [-0.4, -0.2) is 18.3 Å². The van der Waals surface area contributed by atoms with Gasteiger partial charge in [0.1, 0.15) is 0 Å². The summed E-state index contributed by atoms with van der Waals surface area (Å²) in [6.07, 6.45) is 0. The minimum Gasteiger partial charge on any atom is -0.309 e. The Bertz CT molecular complexity index is 4200. The third-order valence-electron chi connectivity index (χ3n) is 14.4. The average molecular weight is 876 g/mol. The second-order valence-corrected chi connectivity index (χ2v) is 20.6. The number of fused-ring (bicyclic) bond motifs is 14. The molecular formula is C63H49N5. The van der Waals surface area contributed by atoms with Crippen LogP contribution in [0.25, 0.3) is 110 Å². The summed E-state index contributed by atoms with van der Waals surface area (Å²) in [5.41, 5.74) is 16.4.